The number of aryl methyl sites for hydroxylation is 1. The summed E-state index contributed by atoms with van der Waals surface area (Å²) in [5.41, 5.74) is 5.90. The van der Waals surface area contributed by atoms with E-state index in [0.29, 0.717) is 38.1 Å². The van der Waals surface area contributed by atoms with Crippen LogP contribution in [0.5, 0.6) is 0 Å². The zero-order valence-corrected chi connectivity index (χ0v) is 23.1. The standard InChI is InChI=1S/C30H34ClN5O3/c1-3-39-30(38)35-12-9-26(10-13-35)34-29(37)22-6-4-5-21(15-22)23-17-27-28(33-18-23)32-11-14-36(27)19-24-16-25(31)8-7-20(24)2/h4-8,15-18,26H,3,9-14,19H2,1-2H3,(H,32,33)(H,34,37). The van der Waals surface area contributed by atoms with Crippen molar-refractivity contribution >= 4 is 35.1 Å². The molecule has 39 heavy (non-hydrogen) atoms. The maximum atomic E-state index is 13.1. The summed E-state index contributed by atoms with van der Waals surface area (Å²) in [6, 6.07) is 15.8. The number of amides is 2. The molecule has 0 spiro atoms. The molecule has 2 aliphatic heterocycles. The molecule has 2 N–H and O–H groups in total. The zero-order chi connectivity index (χ0) is 27.4. The van der Waals surface area contributed by atoms with E-state index < -0.39 is 0 Å². The monoisotopic (exact) mass is 547 g/mol. The van der Waals surface area contributed by atoms with E-state index in [-0.39, 0.29) is 18.0 Å². The lowest BCUT2D eigenvalue weighted by molar-refractivity contribution is 0.0860. The van der Waals surface area contributed by atoms with Crippen LogP contribution in [0.2, 0.25) is 5.02 Å². The number of hydrogen-bond acceptors (Lipinski definition) is 6. The van der Waals surface area contributed by atoms with Crippen molar-refractivity contribution in [3.05, 3.63) is 76.4 Å². The number of aromatic nitrogens is 1. The molecule has 2 aliphatic rings. The lowest BCUT2D eigenvalue weighted by Gasteiger charge is -2.32. The van der Waals surface area contributed by atoms with E-state index in [1.54, 1.807) is 11.8 Å². The van der Waals surface area contributed by atoms with Crippen LogP contribution in [-0.4, -0.2) is 60.7 Å². The fraction of sp³-hybridized carbons (Fsp3) is 0.367. The second-order valence-corrected chi connectivity index (χ2v) is 10.5. The molecular weight excluding hydrogens is 514 g/mol. The van der Waals surface area contributed by atoms with Crippen molar-refractivity contribution in [3.8, 4) is 11.1 Å². The van der Waals surface area contributed by atoms with Crippen LogP contribution in [-0.2, 0) is 11.3 Å². The number of halogens is 1. The maximum absolute atomic E-state index is 13.1. The molecule has 2 amide bonds. The number of nitrogens with one attached hydrogen (secondary N) is 2. The van der Waals surface area contributed by atoms with Crippen LogP contribution in [0, 0.1) is 6.92 Å². The summed E-state index contributed by atoms with van der Waals surface area (Å²) in [7, 11) is 0. The van der Waals surface area contributed by atoms with Gasteiger partial charge in [-0.15, -0.1) is 0 Å². The van der Waals surface area contributed by atoms with Gasteiger partial charge in [-0.3, -0.25) is 4.79 Å². The topological polar surface area (TPSA) is 86.8 Å². The lowest BCUT2D eigenvalue weighted by atomic mass is 10.0. The first-order valence-electron chi connectivity index (χ1n) is 13.5. The van der Waals surface area contributed by atoms with Crippen molar-refractivity contribution in [3.63, 3.8) is 0 Å². The van der Waals surface area contributed by atoms with Gasteiger partial charge in [0.15, 0.2) is 0 Å². The molecule has 8 nitrogen and oxygen atoms in total. The summed E-state index contributed by atoms with van der Waals surface area (Å²) in [6.07, 6.45) is 2.97. The van der Waals surface area contributed by atoms with Crippen molar-refractivity contribution < 1.29 is 14.3 Å². The highest BCUT2D eigenvalue weighted by molar-refractivity contribution is 6.30. The third-order valence-electron chi connectivity index (χ3n) is 7.37. The van der Waals surface area contributed by atoms with Crippen LogP contribution in [0.4, 0.5) is 16.3 Å². The molecule has 1 aromatic heterocycles. The molecule has 5 rings (SSSR count). The smallest absolute Gasteiger partial charge is 0.409 e. The van der Waals surface area contributed by atoms with Crippen LogP contribution < -0.4 is 15.5 Å². The number of rotatable bonds is 6. The largest absolute Gasteiger partial charge is 0.450 e. The molecule has 0 radical (unpaired) electrons. The van der Waals surface area contributed by atoms with E-state index >= 15 is 0 Å². The number of piperidine rings is 1. The zero-order valence-electron chi connectivity index (χ0n) is 22.4. The lowest BCUT2D eigenvalue weighted by Crippen LogP contribution is -2.46. The van der Waals surface area contributed by atoms with Gasteiger partial charge in [0.2, 0.25) is 0 Å². The van der Waals surface area contributed by atoms with E-state index in [1.165, 1.54) is 11.1 Å². The van der Waals surface area contributed by atoms with Gasteiger partial charge in [0, 0.05) is 61.1 Å². The number of carbonyl (C=O) groups is 2. The normalized spacial score (nSPS) is 15.4. The minimum atomic E-state index is -0.287. The Morgan fingerprint density at radius 1 is 1.10 bits per heavy atom. The van der Waals surface area contributed by atoms with Gasteiger partial charge < -0.3 is 25.2 Å². The first-order valence-corrected chi connectivity index (χ1v) is 13.9. The number of likely N-dealkylation sites (tertiary alicyclic amines) is 1. The molecule has 3 aromatic rings. The van der Waals surface area contributed by atoms with Gasteiger partial charge in [-0.1, -0.05) is 29.8 Å². The molecule has 0 atom stereocenters. The Hall–Kier alpha value is -3.78. The number of nitrogens with zero attached hydrogens (tertiary/aromatic N) is 3. The van der Waals surface area contributed by atoms with Crippen LogP contribution >= 0.6 is 11.6 Å². The number of pyridine rings is 1. The molecule has 1 saturated heterocycles. The molecular formula is C30H34ClN5O3. The van der Waals surface area contributed by atoms with E-state index in [2.05, 4.69) is 34.6 Å². The molecule has 204 valence electrons. The second kappa shape index (κ2) is 11.9. The fourth-order valence-electron chi connectivity index (χ4n) is 5.13. The van der Waals surface area contributed by atoms with Crippen molar-refractivity contribution in [2.24, 2.45) is 0 Å². The van der Waals surface area contributed by atoms with E-state index in [4.69, 9.17) is 21.3 Å². The Bertz CT molecular complexity index is 1360. The number of carbonyl (C=O) groups excluding carboxylic acids is 2. The Balaban J connectivity index is 1.29. The quantitative estimate of drug-likeness (QED) is 0.424. The first-order chi connectivity index (χ1) is 18.9. The number of ether oxygens (including phenoxy) is 1. The van der Waals surface area contributed by atoms with Gasteiger partial charge >= 0.3 is 6.09 Å². The average Bonchev–Trinajstić information content (AvgIpc) is 2.95. The van der Waals surface area contributed by atoms with Crippen molar-refractivity contribution in [1.29, 1.82) is 0 Å². The second-order valence-electron chi connectivity index (χ2n) is 10.0. The summed E-state index contributed by atoms with van der Waals surface area (Å²) < 4.78 is 5.09. The Morgan fingerprint density at radius 3 is 2.72 bits per heavy atom. The van der Waals surface area contributed by atoms with Gasteiger partial charge in [-0.05, 0) is 73.7 Å². The highest BCUT2D eigenvalue weighted by Crippen LogP contribution is 2.33. The van der Waals surface area contributed by atoms with E-state index in [1.807, 2.05) is 42.6 Å². The SMILES string of the molecule is CCOC(=O)N1CCC(NC(=O)c2cccc(-c3cnc4c(c3)N(Cc3cc(Cl)ccc3C)CCN4)c2)CC1. The summed E-state index contributed by atoms with van der Waals surface area (Å²) in [5.74, 6) is 0.741. The number of fused-ring (bicyclic) bond motifs is 1. The summed E-state index contributed by atoms with van der Waals surface area (Å²) in [5, 5.41) is 7.27. The van der Waals surface area contributed by atoms with Gasteiger partial charge in [0.1, 0.15) is 5.82 Å². The highest BCUT2D eigenvalue weighted by Gasteiger charge is 2.25. The predicted octanol–water partition coefficient (Wildman–Crippen LogP) is 5.49. The highest BCUT2D eigenvalue weighted by atomic mass is 35.5. The minimum Gasteiger partial charge on any atom is -0.450 e. The summed E-state index contributed by atoms with van der Waals surface area (Å²) in [4.78, 5) is 33.8. The molecule has 0 saturated carbocycles. The molecule has 3 heterocycles. The van der Waals surface area contributed by atoms with Crippen molar-refractivity contribution in [1.82, 2.24) is 15.2 Å². The number of benzene rings is 2. The van der Waals surface area contributed by atoms with Gasteiger partial charge in [0.25, 0.3) is 5.91 Å². The molecule has 0 bridgehead atoms. The Labute approximate surface area is 234 Å². The van der Waals surface area contributed by atoms with Crippen LogP contribution in [0.25, 0.3) is 11.1 Å². The van der Waals surface area contributed by atoms with E-state index in [0.717, 1.165) is 47.3 Å². The first kappa shape index (κ1) is 26.8. The predicted molar refractivity (Wildman–Crippen MR) is 154 cm³/mol. The fourth-order valence-corrected chi connectivity index (χ4v) is 5.32. The molecule has 9 heteroatoms. The third kappa shape index (κ3) is 6.28. The van der Waals surface area contributed by atoms with E-state index in [9.17, 15) is 9.59 Å². The van der Waals surface area contributed by atoms with Gasteiger partial charge in [-0.2, -0.15) is 0 Å². The maximum Gasteiger partial charge on any atom is 0.409 e. The molecule has 0 aliphatic carbocycles. The van der Waals surface area contributed by atoms with Gasteiger partial charge in [-0.25, -0.2) is 9.78 Å². The molecule has 0 unspecified atom stereocenters. The third-order valence-corrected chi connectivity index (χ3v) is 7.60. The number of anilines is 2. The number of hydrogen-bond donors (Lipinski definition) is 2. The van der Waals surface area contributed by atoms with Crippen molar-refractivity contribution in [2.75, 3.05) is 43.0 Å². The Morgan fingerprint density at radius 2 is 1.92 bits per heavy atom. The Kier molecular flexibility index (Phi) is 8.21. The minimum absolute atomic E-state index is 0.0202. The summed E-state index contributed by atoms with van der Waals surface area (Å²) >= 11 is 6.28. The average molecular weight is 548 g/mol. The van der Waals surface area contributed by atoms with Crippen LogP contribution in [0.15, 0.2) is 54.7 Å². The van der Waals surface area contributed by atoms with Crippen LogP contribution in [0.3, 0.4) is 0 Å². The summed E-state index contributed by atoms with van der Waals surface area (Å²) in [6.45, 7) is 7.81. The van der Waals surface area contributed by atoms with Crippen LogP contribution in [0.1, 0.15) is 41.3 Å². The van der Waals surface area contributed by atoms with Crippen molar-refractivity contribution in [2.45, 2.75) is 39.3 Å². The molecule has 1 fully saturated rings. The van der Waals surface area contributed by atoms with Gasteiger partial charge in [0.05, 0.1) is 12.3 Å². The molecule has 2 aromatic carbocycles.